The second kappa shape index (κ2) is 8.79. The number of carbonyl (C=O) groups is 3. The third-order valence-corrected chi connectivity index (χ3v) is 8.65. The Morgan fingerprint density at radius 1 is 0.795 bits per heavy atom. The predicted octanol–water partition coefficient (Wildman–Crippen LogP) is 6.32. The van der Waals surface area contributed by atoms with Gasteiger partial charge in [0.1, 0.15) is 11.5 Å². The van der Waals surface area contributed by atoms with Crippen LogP contribution in [-0.4, -0.2) is 28.4 Å². The first-order chi connectivity index (χ1) is 19.0. The van der Waals surface area contributed by atoms with Gasteiger partial charge in [0.25, 0.3) is 0 Å². The van der Waals surface area contributed by atoms with Crippen molar-refractivity contribution in [2.75, 3.05) is 5.32 Å². The first-order valence-electron chi connectivity index (χ1n) is 12.9. The molecule has 39 heavy (non-hydrogen) atoms. The van der Waals surface area contributed by atoms with E-state index in [-0.39, 0.29) is 22.5 Å². The van der Waals surface area contributed by atoms with Gasteiger partial charge >= 0.3 is 0 Å². The maximum Gasteiger partial charge on any atom is 0.238 e. The van der Waals surface area contributed by atoms with Crippen LogP contribution in [0.5, 0.6) is 0 Å². The summed E-state index contributed by atoms with van der Waals surface area (Å²) in [6.07, 6.45) is 3.82. The SMILES string of the molecule is O=C(c1ccccc1Cl)[C@@H]1[C@H](C(=O)c2ccccc2)N2C=Cc3ccccc3[C@@H]2[C@@]12C(=O)Nc1ccccc12. The lowest BCUT2D eigenvalue weighted by molar-refractivity contribution is -0.122. The van der Waals surface area contributed by atoms with Crippen LogP contribution in [0.25, 0.3) is 6.08 Å². The van der Waals surface area contributed by atoms with Gasteiger partial charge in [-0.25, -0.2) is 0 Å². The minimum atomic E-state index is -1.37. The number of hydrogen-bond donors (Lipinski definition) is 1. The summed E-state index contributed by atoms with van der Waals surface area (Å²) in [5.74, 6) is -1.89. The third-order valence-electron chi connectivity index (χ3n) is 8.32. The lowest BCUT2D eigenvalue weighted by atomic mass is 9.62. The number of para-hydroxylation sites is 1. The summed E-state index contributed by atoms with van der Waals surface area (Å²) in [5.41, 5.74) is 2.61. The van der Waals surface area contributed by atoms with E-state index in [1.54, 1.807) is 48.5 Å². The number of nitrogens with one attached hydrogen (secondary N) is 1. The molecular weight excluding hydrogens is 508 g/mol. The van der Waals surface area contributed by atoms with Gasteiger partial charge in [-0.2, -0.15) is 0 Å². The van der Waals surface area contributed by atoms with Crippen LogP contribution >= 0.6 is 11.6 Å². The second-order valence-corrected chi connectivity index (χ2v) is 10.6. The van der Waals surface area contributed by atoms with Crippen molar-refractivity contribution >= 4 is 40.8 Å². The van der Waals surface area contributed by atoms with Crippen LogP contribution in [0.2, 0.25) is 5.02 Å². The van der Waals surface area contributed by atoms with Crippen molar-refractivity contribution in [3.05, 3.63) is 142 Å². The Labute approximate surface area is 230 Å². The maximum atomic E-state index is 14.7. The highest BCUT2D eigenvalue weighted by atomic mass is 35.5. The van der Waals surface area contributed by atoms with Crippen molar-refractivity contribution in [2.24, 2.45) is 5.92 Å². The molecule has 0 aromatic heterocycles. The van der Waals surface area contributed by atoms with E-state index in [1.807, 2.05) is 71.8 Å². The second-order valence-electron chi connectivity index (χ2n) is 10.2. The van der Waals surface area contributed by atoms with Gasteiger partial charge in [-0.1, -0.05) is 96.5 Å². The summed E-state index contributed by atoms with van der Waals surface area (Å²) in [7, 11) is 0. The molecule has 0 unspecified atom stereocenters. The Balaban J connectivity index is 1.56. The van der Waals surface area contributed by atoms with Crippen LogP contribution in [0.15, 0.2) is 109 Å². The fourth-order valence-electron chi connectivity index (χ4n) is 6.77. The molecule has 4 aromatic rings. The third kappa shape index (κ3) is 3.23. The first-order valence-corrected chi connectivity index (χ1v) is 13.2. The number of Topliss-reactive ketones (excluding diaryl/α,β-unsaturated/α-hetero) is 2. The highest BCUT2D eigenvalue weighted by Crippen LogP contribution is 2.62. The molecule has 3 heterocycles. The van der Waals surface area contributed by atoms with Gasteiger partial charge in [0, 0.05) is 23.0 Å². The largest absolute Gasteiger partial charge is 0.358 e. The van der Waals surface area contributed by atoms with Crippen LogP contribution in [0.3, 0.4) is 0 Å². The van der Waals surface area contributed by atoms with Crippen LogP contribution in [0.1, 0.15) is 43.4 Å². The summed E-state index contributed by atoms with van der Waals surface area (Å²) in [5, 5.41) is 3.35. The highest BCUT2D eigenvalue weighted by molar-refractivity contribution is 6.34. The maximum absolute atomic E-state index is 14.7. The molecule has 0 saturated carbocycles. The number of hydrogen-bond acceptors (Lipinski definition) is 4. The molecule has 4 aromatic carbocycles. The van der Waals surface area contributed by atoms with E-state index >= 15 is 0 Å². The number of amides is 1. The summed E-state index contributed by atoms with van der Waals surface area (Å²) < 4.78 is 0. The molecule has 1 saturated heterocycles. The van der Waals surface area contributed by atoms with Crippen molar-refractivity contribution in [2.45, 2.75) is 17.5 Å². The Morgan fingerprint density at radius 2 is 1.49 bits per heavy atom. The van der Waals surface area contributed by atoms with E-state index in [1.165, 1.54) is 0 Å². The molecule has 4 atom stereocenters. The molecule has 3 aliphatic heterocycles. The number of rotatable bonds is 4. The molecule has 7 rings (SSSR count). The molecule has 1 fully saturated rings. The van der Waals surface area contributed by atoms with Crippen LogP contribution in [0, 0.1) is 5.92 Å². The Kier molecular flexibility index (Phi) is 5.32. The summed E-state index contributed by atoms with van der Waals surface area (Å²) in [4.78, 5) is 45.5. The molecule has 1 amide bonds. The van der Waals surface area contributed by atoms with Gasteiger partial charge in [-0.15, -0.1) is 0 Å². The van der Waals surface area contributed by atoms with Crippen molar-refractivity contribution in [1.29, 1.82) is 0 Å². The minimum absolute atomic E-state index is 0.218. The van der Waals surface area contributed by atoms with Gasteiger partial charge in [0.2, 0.25) is 5.91 Å². The molecule has 1 spiro atoms. The van der Waals surface area contributed by atoms with Gasteiger partial charge in [-0.05, 0) is 41.0 Å². The van der Waals surface area contributed by atoms with E-state index in [9.17, 15) is 14.4 Å². The van der Waals surface area contributed by atoms with Crippen LogP contribution < -0.4 is 5.32 Å². The number of benzene rings is 4. The molecule has 1 N–H and O–H groups in total. The molecule has 0 bridgehead atoms. The number of fused-ring (bicyclic) bond motifs is 6. The molecule has 0 aliphatic carbocycles. The lowest BCUT2D eigenvalue weighted by Gasteiger charge is -2.38. The van der Waals surface area contributed by atoms with Gasteiger partial charge in [0.05, 0.1) is 17.0 Å². The molecule has 5 nitrogen and oxygen atoms in total. The summed E-state index contributed by atoms with van der Waals surface area (Å²) in [6.45, 7) is 0. The number of anilines is 1. The lowest BCUT2D eigenvalue weighted by Crippen LogP contribution is -2.49. The van der Waals surface area contributed by atoms with Crippen molar-refractivity contribution < 1.29 is 14.4 Å². The normalized spacial score (nSPS) is 24.2. The molecule has 6 heteroatoms. The van der Waals surface area contributed by atoms with Crippen molar-refractivity contribution in [1.82, 2.24) is 4.90 Å². The fraction of sp³-hybridized carbons (Fsp3) is 0.121. The van der Waals surface area contributed by atoms with E-state index < -0.39 is 23.4 Å². The van der Waals surface area contributed by atoms with Gasteiger partial charge in [0.15, 0.2) is 11.6 Å². The van der Waals surface area contributed by atoms with Gasteiger partial charge in [-0.3, -0.25) is 14.4 Å². The Morgan fingerprint density at radius 3 is 2.31 bits per heavy atom. The van der Waals surface area contributed by atoms with Crippen LogP contribution in [-0.2, 0) is 10.2 Å². The average molecular weight is 531 g/mol. The quantitative estimate of drug-likeness (QED) is 0.313. The average Bonchev–Trinajstić information content (AvgIpc) is 3.45. The summed E-state index contributed by atoms with van der Waals surface area (Å²) in [6, 6.07) is 29.6. The van der Waals surface area contributed by atoms with E-state index in [0.717, 1.165) is 11.1 Å². The monoisotopic (exact) mass is 530 g/mol. The van der Waals surface area contributed by atoms with E-state index in [4.69, 9.17) is 11.6 Å². The molecule has 3 aliphatic rings. The molecule has 0 radical (unpaired) electrons. The zero-order valence-electron chi connectivity index (χ0n) is 20.8. The van der Waals surface area contributed by atoms with Crippen molar-refractivity contribution in [3.8, 4) is 0 Å². The predicted molar refractivity (Wildman–Crippen MR) is 151 cm³/mol. The highest BCUT2D eigenvalue weighted by Gasteiger charge is 2.70. The zero-order chi connectivity index (χ0) is 26.7. The fourth-order valence-corrected chi connectivity index (χ4v) is 7.00. The standard InChI is InChI=1S/C33H23ClN2O3/c34-25-16-8-6-14-23(25)30(38)27-28(29(37)21-11-2-1-3-12-21)36-19-18-20-10-4-5-13-22(20)31(36)33(27)24-15-7-9-17-26(24)35-32(33)39/h1-19,27-28,31H,(H,35,39)/t27-,28+,31+,33-/m0/s1. The minimum Gasteiger partial charge on any atom is -0.358 e. The van der Waals surface area contributed by atoms with Gasteiger partial charge < -0.3 is 10.2 Å². The number of halogens is 1. The van der Waals surface area contributed by atoms with Crippen molar-refractivity contribution in [3.63, 3.8) is 0 Å². The Hall–Kier alpha value is -4.48. The summed E-state index contributed by atoms with van der Waals surface area (Å²) >= 11 is 6.57. The zero-order valence-corrected chi connectivity index (χ0v) is 21.5. The topological polar surface area (TPSA) is 66.5 Å². The van der Waals surface area contributed by atoms with E-state index in [2.05, 4.69) is 5.32 Å². The van der Waals surface area contributed by atoms with Crippen LogP contribution in [0.4, 0.5) is 5.69 Å². The Bertz CT molecular complexity index is 1700. The molecule has 190 valence electrons. The molecular formula is C33H23ClN2O3. The van der Waals surface area contributed by atoms with E-state index in [0.29, 0.717) is 22.4 Å². The smallest absolute Gasteiger partial charge is 0.238 e. The number of carbonyl (C=O) groups excluding carboxylic acids is 3. The number of nitrogens with zero attached hydrogens (tertiary/aromatic N) is 1. The first kappa shape index (κ1) is 23.6. The number of ketones is 2.